The number of nitrogen functional groups attached to an aromatic ring is 1. The van der Waals surface area contributed by atoms with E-state index in [0.29, 0.717) is 29.8 Å². The number of nitrogens with two attached hydrogens (primary N) is 1. The zero-order chi connectivity index (χ0) is 25.3. The molecular weight excluding hydrogens is 481 g/mol. The van der Waals surface area contributed by atoms with Crippen LogP contribution >= 0.6 is 0 Å². The summed E-state index contributed by atoms with van der Waals surface area (Å²) in [5.74, 6) is 0.663. The first-order valence-electron chi connectivity index (χ1n) is 11.0. The zero-order valence-corrected chi connectivity index (χ0v) is 18.7. The Balaban J connectivity index is 1.41. The Hall–Kier alpha value is -3.97. The van der Waals surface area contributed by atoms with E-state index in [4.69, 9.17) is 20.2 Å². The second-order valence-electron chi connectivity index (χ2n) is 8.14. The Morgan fingerprint density at radius 2 is 1.92 bits per heavy atom. The SMILES string of the molecule is Nc1nccn2c(C3CCC(CO)OC3)nc(-c3cnc(Oc4cccc(OC(F)(F)F)c4)nc3)c12. The quantitative estimate of drug-likeness (QED) is 0.405. The van der Waals surface area contributed by atoms with Crippen LogP contribution in [0.3, 0.4) is 0 Å². The van der Waals surface area contributed by atoms with Crippen LogP contribution < -0.4 is 15.2 Å². The number of rotatable bonds is 6. The Morgan fingerprint density at radius 1 is 1.14 bits per heavy atom. The summed E-state index contributed by atoms with van der Waals surface area (Å²) in [6.07, 6.45) is 2.81. The molecule has 2 atom stereocenters. The maximum Gasteiger partial charge on any atom is 0.573 e. The molecule has 0 spiro atoms. The van der Waals surface area contributed by atoms with Crippen molar-refractivity contribution in [3.63, 3.8) is 0 Å². The van der Waals surface area contributed by atoms with Crippen molar-refractivity contribution in [3.8, 4) is 28.8 Å². The Bertz CT molecular complexity index is 1350. The van der Waals surface area contributed by atoms with Crippen LogP contribution in [0.2, 0.25) is 0 Å². The number of imidazole rings is 1. The maximum atomic E-state index is 12.5. The van der Waals surface area contributed by atoms with Crippen LogP contribution in [0, 0.1) is 0 Å². The third-order valence-electron chi connectivity index (χ3n) is 5.70. The topological polar surface area (TPSA) is 130 Å². The molecule has 0 radical (unpaired) electrons. The fraction of sp³-hybridized carbons (Fsp3) is 0.304. The lowest BCUT2D eigenvalue weighted by Crippen LogP contribution is -2.28. The molecule has 1 aliphatic heterocycles. The molecule has 13 heteroatoms. The zero-order valence-electron chi connectivity index (χ0n) is 18.7. The summed E-state index contributed by atoms with van der Waals surface area (Å²) in [5, 5.41) is 9.34. The molecule has 1 aliphatic rings. The van der Waals surface area contributed by atoms with Gasteiger partial charge in [0.25, 0.3) is 0 Å². The molecule has 1 saturated heterocycles. The molecule has 4 heterocycles. The summed E-state index contributed by atoms with van der Waals surface area (Å²) in [6.45, 7) is 0.384. The van der Waals surface area contributed by atoms with Gasteiger partial charge in [0.2, 0.25) is 0 Å². The van der Waals surface area contributed by atoms with Crippen molar-refractivity contribution in [2.75, 3.05) is 18.9 Å². The van der Waals surface area contributed by atoms with Gasteiger partial charge in [-0.25, -0.2) is 19.9 Å². The number of nitrogens with zero attached hydrogens (tertiary/aromatic N) is 5. The fourth-order valence-electron chi connectivity index (χ4n) is 4.06. The molecule has 0 bridgehead atoms. The highest BCUT2D eigenvalue weighted by molar-refractivity contribution is 5.84. The predicted octanol–water partition coefficient (Wildman–Crippen LogP) is 3.71. The molecule has 1 aromatic carbocycles. The van der Waals surface area contributed by atoms with Gasteiger partial charge < -0.3 is 25.1 Å². The van der Waals surface area contributed by atoms with Gasteiger partial charge in [-0.15, -0.1) is 13.2 Å². The van der Waals surface area contributed by atoms with Crippen molar-refractivity contribution in [3.05, 3.63) is 54.9 Å². The van der Waals surface area contributed by atoms with Crippen LogP contribution in [0.4, 0.5) is 19.0 Å². The normalized spacial score (nSPS) is 18.3. The molecule has 2 unspecified atom stereocenters. The Kier molecular flexibility index (Phi) is 6.33. The average Bonchev–Trinajstić information content (AvgIpc) is 3.25. The number of anilines is 1. The minimum Gasteiger partial charge on any atom is -0.424 e. The molecule has 188 valence electrons. The summed E-state index contributed by atoms with van der Waals surface area (Å²) in [6, 6.07) is 4.98. The summed E-state index contributed by atoms with van der Waals surface area (Å²) >= 11 is 0. The maximum absolute atomic E-state index is 12.5. The molecular formula is C23H21F3N6O4. The monoisotopic (exact) mass is 502 g/mol. The standard InChI is InChI=1S/C23H21F3N6O4/c24-23(25,26)36-16-3-1-2-15(8-16)35-22-29-9-14(10-30-22)18-19-20(27)28-6-7-32(19)21(31-18)13-4-5-17(11-33)34-12-13/h1-3,6-10,13,17,33H,4-5,11-12H2,(H2,27,28). The molecule has 3 aromatic heterocycles. The molecule has 0 aliphatic carbocycles. The number of aliphatic hydroxyl groups excluding tert-OH is 1. The van der Waals surface area contributed by atoms with Crippen LogP contribution in [0.25, 0.3) is 16.8 Å². The second-order valence-corrected chi connectivity index (χ2v) is 8.14. The molecule has 3 N–H and O–H groups in total. The summed E-state index contributed by atoms with van der Waals surface area (Å²) in [4.78, 5) is 17.3. The van der Waals surface area contributed by atoms with Crippen LogP contribution in [-0.2, 0) is 4.74 Å². The smallest absolute Gasteiger partial charge is 0.424 e. The third kappa shape index (κ3) is 5.02. The molecule has 0 saturated carbocycles. The number of halogens is 3. The van der Waals surface area contributed by atoms with Gasteiger partial charge in [0.15, 0.2) is 0 Å². The summed E-state index contributed by atoms with van der Waals surface area (Å²) in [5.41, 5.74) is 7.83. The van der Waals surface area contributed by atoms with E-state index >= 15 is 0 Å². The van der Waals surface area contributed by atoms with Gasteiger partial charge in [0.05, 0.1) is 19.3 Å². The van der Waals surface area contributed by atoms with Gasteiger partial charge in [-0.2, -0.15) is 0 Å². The van der Waals surface area contributed by atoms with Gasteiger partial charge in [-0.05, 0) is 25.0 Å². The van der Waals surface area contributed by atoms with Crippen LogP contribution in [0.1, 0.15) is 24.6 Å². The highest BCUT2D eigenvalue weighted by atomic mass is 19.4. The minimum atomic E-state index is -4.82. The first-order chi connectivity index (χ1) is 17.3. The number of alkyl halides is 3. The number of aromatic nitrogens is 5. The van der Waals surface area contributed by atoms with Crippen LogP contribution in [0.15, 0.2) is 49.1 Å². The molecule has 4 aromatic rings. The lowest BCUT2D eigenvalue weighted by Gasteiger charge is -2.27. The predicted molar refractivity (Wildman–Crippen MR) is 120 cm³/mol. The van der Waals surface area contributed by atoms with Gasteiger partial charge in [-0.3, -0.25) is 4.40 Å². The van der Waals surface area contributed by atoms with E-state index in [9.17, 15) is 18.3 Å². The van der Waals surface area contributed by atoms with E-state index in [0.717, 1.165) is 24.4 Å². The molecule has 5 rings (SSSR count). The highest BCUT2D eigenvalue weighted by Crippen LogP contribution is 2.34. The van der Waals surface area contributed by atoms with E-state index in [1.54, 1.807) is 12.4 Å². The van der Waals surface area contributed by atoms with Gasteiger partial charge in [0.1, 0.15) is 34.4 Å². The van der Waals surface area contributed by atoms with Crippen molar-refractivity contribution in [2.45, 2.75) is 31.2 Å². The van der Waals surface area contributed by atoms with E-state index < -0.39 is 12.1 Å². The van der Waals surface area contributed by atoms with Gasteiger partial charge in [0, 0.05) is 42.3 Å². The average molecular weight is 502 g/mol. The van der Waals surface area contributed by atoms with Crippen molar-refractivity contribution >= 4 is 11.3 Å². The van der Waals surface area contributed by atoms with Crippen molar-refractivity contribution in [1.29, 1.82) is 0 Å². The van der Waals surface area contributed by atoms with Crippen molar-refractivity contribution < 1.29 is 32.5 Å². The lowest BCUT2D eigenvalue weighted by atomic mass is 9.98. The van der Waals surface area contributed by atoms with E-state index in [1.165, 1.54) is 24.5 Å². The lowest BCUT2D eigenvalue weighted by molar-refractivity contribution is -0.274. The van der Waals surface area contributed by atoms with Crippen molar-refractivity contribution in [2.24, 2.45) is 0 Å². The van der Waals surface area contributed by atoms with Gasteiger partial charge in [-0.1, -0.05) is 6.07 Å². The molecule has 36 heavy (non-hydrogen) atoms. The fourth-order valence-corrected chi connectivity index (χ4v) is 4.06. The van der Waals surface area contributed by atoms with Crippen molar-refractivity contribution in [1.82, 2.24) is 24.3 Å². The summed E-state index contributed by atoms with van der Waals surface area (Å²) in [7, 11) is 0. The first kappa shape index (κ1) is 23.8. The number of hydrogen-bond donors (Lipinski definition) is 2. The number of hydrogen-bond acceptors (Lipinski definition) is 9. The van der Waals surface area contributed by atoms with Crippen LogP contribution in [0.5, 0.6) is 17.5 Å². The van der Waals surface area contributed by atoms with Crippen LogP contribution in [-0.4, -0.2) is 55.1 Å². The van der Waals surface area contributed by atoms with Gasteiger partial charge >= 0.3 is 12.4 Å². The Morgan fingerprint density at radius 3 is 2.61 bits per heavy atom. The largest absolute Gasteiger partial charge is 0.573 e. The van der Waals surface area contributed by atoms with E-state index in [1.807, 2.05) is 4.40 Å². The number of ether oxygens (including phenoxy) is 3. The Labute approximate surface area is 202 Å². The second kappa shape index (κ2) is 9.59. The molecule has 1 fully saturated rings. The number of aliphatic hydroxyl groups is 1. The summed E-state index contributed by atoms with van der Waals surface area (Å²) < 4.78 is 54.4. The van der Waals surface area contributed by atoms with E-state index in [2.05, 4.69) is 19.7 Å². The molecule has 0 amide bonds. The number of fused-ring (bicyclic) bond motifs is 1. The first-order valence-corrected chi connectivity index (χ1v) is 11.0. The number of benzene rings is 1. The third-order valence-corrected chi connectivity index (χ3v) is 5.70. The van der Waals surface area contributed by atoms with E-state index in [-0.39, 0.29) is 36.2 Å². The highest BCUT2D eigenvalue weighted by Gasteiger charge is 2.31. The minimum absolute atomic E-state index is 0.00873. The molecule has 10 nitrogen and oxygen atoms in total.